The number of aliphatic hydroxyl groups is 1. The molecule has 1 N–H and O–H groups in total. The fraction of sp³-hybridized carbons (Fsp3) is 0.200. The molecule has 0 aliphatic rings. The van der Waals surface area contributed by atoms with Crippen molar-refractivity contribution < 1.29 is 14.8 Å². The predicted molar refractivity (Wildman–Crippen MR) is 75.0 cm³/mol. The van der Waals surface area contributed by atoms with Gasteiger partial charge in [-0.05, 0) is 42.7 Å². The molecule has 5 nitrogen and oxygen atoms in total. The lowest BCUT2D eigenvalue weighted by Crippen LogP contribution is -1.94. The zero-order valence-corrected chi connectivity index (χ0v) is 11.3. The number of ether oxygens (including phenoxy) is 1. The molecule has 0 aliphatic carbocycles. The molecule has 2 rings (SSSR count). The van der Waals surface area contributed by atoms with Gasteiger partial charge in [-0.1, -0.05) is 12.1 Å². The van der Waals surface area contributed by atoms with Crippen LogP contribution in [0.5, 0.6) is 11.5 Å². The van der Waals surface area contributed by atoms with Gasteiger partial charge in [0.15, 0.2) is 0 Å². The van der Waals surface area contributed by atoms with Crippen LogP contribution in [-0.2, 0) is 6.61 Å². The molecule has 2 aromatic carbocycles. The van der Waals surface area contributed by atoms with Crippen LogP contribution in [0.4, 0.5) is 5.69 Å². The van der Waals surface area contributed by atoms with Gasteiger partial charge in [-0.3, -0.25) is 10.1 Å². The molecule has 0 atom stereocenters. The van der Waals surface area contributed by atoms with Gasteiger partial charge < -0.3 is 9.84 Å². The Labute approximate surface area is 116 Å². The molecule has 5 heteroatoms. The maximum atomic E-state index is 10.7. The summed E-state index contributed by atoms with van der Waals surface area (Å²) in [6.45, 7) is 3.63. The highest BCUT2D eigenvalue weighted by Crippen LogP contribution is 2.30. The molecule has 0 spiro atoms. The lowest BCUT2D eigenvalue weighted by Gasteiger charge is -2.11. The normalized spacial score (nSPS) is 10.3. The highest BCUT2D eigenvalue weighted by Gasteiger charge is 2.10. The van der Waals surface area contributed by atoms with Gasteiger partial charge in [0.1, 0.15) is 11.5 Å². The number of rotatable bonds is 4. The summed E-state index contributed by atoms with van der Waals surface area (Å²) in [6, 6.07) is 9.89. The van der Waals surface area contributed by atoms with Crippen molar-refractivity contribution >= 4 is 5.69 Å². The fourth-order valence-electron chi connectivity index (χ4n) is 1.90. The molecular weight excluding hydrogens is 258 g/mol. The van der Waals surface area contributed by atoms with E-state index in [-0.39, 0.29) is 12.3 Å². The lowest BCUT2D eigenvalue weighted by molar-refractivity contribution is -0.384. The van der Waals surface area contributed by atoms with E-state index in [0.717, 1.165) is 11.1 Å². The van der Waals surface area contributed by atoms with E-state index in [0.29, 0.717) is 17.1 Å². The number of nitrogens with zero attached hydrogens (tertiary/aromatic N) is 1. The van der Waals surface area contributed by atoms with Crippen LogP contribution in [0.1, 0.15) is 16.7 Å². The largest absolute Gasteiger partial charge is 0.457 e. The number of hydrogen-bond donors (Lipinski definition) is 1. The molecule has 0 saturated carbocycles. The summed E-state index contributed by atoms with van der Waals surface area (Å²) < 4.78 is 5.77. The molecule has 20 heavy (non-hydrogen) atoms. The number of aryl methyl sites for hydroxylation is 2. The van der Waals surface area contributed by atoms with Crippen molar-refractivity contribution in [1.82, 2.24) is 0 Å². The third-order valence-corrected chi connectivity index (χ3v) is 3.01. The van der Waals surface area contributed by atoms with Gasteiger partial charge in [-0.2, -0.15) is 0 Å². The first kappa shape index (κ1) is 14.0. The first-order valence-electron chi connectivity index (χ1n) is 6.14. The Morgan fingerprint density at radius 2 is 1.70 bits per heavy atom. The summed E-state index contributed by atoms with van der Waals surface area (Å²) in [6.07, 6.45) is 0. The van der Waals surface area contributed by atoms with E-state index in [1.54, 1.807) is 25.1 Å². The molecule has 0 amide bonds. The highest BCUT2D eigenvalue weighted by molar-refractivity contribution is 5.46. The monoisotopic (exact) mass is 273 g/mol. The highest BCUT2D eigenvalue weighted by atomic mass is 16.6. The molecule has 0 aromatic heterocycles. The van der Waals surface area contributed by atoms with Crippen LogP contribution in [0.3, 0.4) is 0 Å². The van der Waals surface area contributed by atoms with Crippen LogP contribution in [0.25, 0.3) is 0 Å². The van der Waals surface area contributed by atoms with Crippen molar-refractivity contribution in [2.75, 3.05) is 0 Å². The SMILES string of the molecule is Cc1cc(CO)ccc1Oc1ccc([N+](=O)[O-])cc1C. The quantitative estimate of drug-likeness (QED) is 0.683. The lowest BCUT2D eigenvalue weighted by atomic mass is 10.1. The van der Waals surface area contributed by atoms with Crippen molar-refractivity contribution in [3.8, 4) is 11.5 Å². The molecule has 0 radical (unpaired) electrons. The van der Waals surface area contributed by atoms with Crippen molar-refractivity contribution in [3.63, 3.8) is 0 Å². The van der Waals surface area contributed by atoms with Gasteiger partial charge in [0.2, 0.25) is 0 Å². The van der Waals surface area contributed by atoms with Crippen LogP contribution >= 0.6 is 0 Å². The Kier molecular flexibility index (Phi) is 4.00. The summed E-state index contributed by atoms with van der Waals surface area (Å²) >= 11 is 0. The molecule has 0 unspecified atom stereocenters. The summed E-state index contributed by atoms with van der Waals surface area (Å²) in [5, 5.41) is 19.8. The second kappa shape index (κ2) is 5.71. The molecule has 0 fully saturated rings. The molecule has 0 heterocycles. The van der Waals surface area contributed by atoms with Gasteiger partial charge >= 0.3 is 0 Å². The molecule has 0 saturated heterocycles. The van der Waals surface area contributed by atoms with Crippen LogP contribution in [0, 0.1) is 24.0 Å². The molecule has 104 valence electrons. The number of hydrogen-bond acceptors (Lipinski definition) is 4. The minimum atomic E-state index is -0.432. The Morgan fingerprint density at radius 3 is 2.20 bits per heavy atom. The van der Waals surface area contributed by atoms with Crippen molar-refractivity contribution in [2.45, 2.75) is 20.5 Å². The van der Waals surface area contributed by atoms with E-state index in [2.05, 4.69) is 0 Å². The molecular formula is C15H15NO4. The van der Waals surface area contributed by atoms with E-state index in [4.69, 9.17) is 9.84 Å². The average molecular weight is 273 g/mol. The Bertz CT molecular complexity index is 652. The number of aliphatic hydroxyl groups excluding tert-OH is 1. The predicted octanol–water partition coefficient (Wildman–Crippen LogP) is 3.50. The summed E-state index contributed by atoms with van der Waals surface area (Å²) in [5.41, 5.74) is 2.46. The van der Waals surface area contributed by atoms with Crippen molar-refractivity contribution in [2.24, 2.45) is 0 Å². The Morgan fingerprint density at radius 1 is 1.10 bits per heavy atom. The average Bonchev–Trinajstić information content (AvgIpc) is 2.42. The van der Waals surface area contributed by atoms with Crippen molar-refractivity contribution in [1.29, 1.82) is 0 Å². The van der Waals surface area contributed by atoms with Gasteiger partial charge in [0.25, 0.3) is 5.69 Å². The maximum absolute atomic E-state index is 10.7. The third-order valence-electron chi connectivity index (χ3n) is 3.01. The van der Waals surface area contributed by atoms with Crippen LogP contribution in [0.15, 0.2) is 36.4 Å². The zero-order chi connectivity index (χ0) is 14.7. The molecule has 0 aliphatic heterocycles. The minimum absolute atomic E-state index is 0.0162. The van der Waals surface area contributed by atoms with E-state index >= 15 is 0 Å². The first-order valence-corrected chi connectivity index (χ1v) is 6.14. The number of nitro benzene ring substituents is 1. The summed E-state index contributed by atoms with van der Waals surface area (Å²) in [4.78, 5) is 10.3. The number of benzene rings is 2. The molecule has 2 aromatic rings. The van der Waals surface area contributed by atoms with E-state index in [1.807, 2.05) is 13.0 Å². The Hall–Kier alpha value is -2.40. The Balaban J connectivity index is 2.28. The second-order valence-electron chi connectivity index (χ2n) is 4.57. The summed E-state index contributed by atoms with van der Waals surface area (Å²) in [7, 11) is 0. The minimum Gasteiger partial charge on any atom is -0.457 e. The van der Waals surface area contributed by atoms with Gasteiger partial charge in [0.05, 0.1) is 11.5 Å². The van der Waals surface area contributed by atoms with Gasteiger partial charge in [-0.25, -0.2) is 0 Å². The maximum Gasteiger partial charge on any atom is 0.269 e. The van der Waals surface area contributed by atoms with Crippen LogP contribution in [-0.4, -0.2) is 10.0 Å². The van der Waals surface area contributed by atoms with E-state index in [9.17, 15) is 10.1 Å². The van der Waals surface area contributed by atoms with E-state index < -0.39 is 4.92 Å². The topological polar surface area (TPSA) is 72.6 Å². The van der Waals surface area contributed by atoms with Crippen LogP contribution < -0.4 is 4.74 Å². The van der Waals surface area contributed by atoms with Gasteiger partial charge in [0, 0.05) is 12.1 Å². The standard InChI is InChI=1S/C15H15NO4/c1-10-7-12(9-17)3-5-14(10)20-15-6-4-13(16(18)19)8-11(15)2/h3-8,17H,9H2,1-2H3. The second-order valence-corrected chi connectivity index (χ2v) is 4.57. The smallest absolute Gasteiger partial charge is 0.269 e. The fourth-order valence-corrected chi connectivity index (χ4v) is 1.90. The third kappa shape index (κ3) is 2.95. The van der Waals surface area contributed by atoms with Crippen molar-refractivity contribution in [3.05, 3.63) is 63.2 Å². The first-order chi connectivity index (χ1) is 9.51. The zero-order valence-electron chi connectivity index (χ0n) is 11.3. The molecule has 0 bridgehead atoms. The van der Waals surface area contributed by atoms with Gasteiger partial charge in [-0.15, -0.1) is 0 Å². The summed E-state index contributed by atoms with van der Waals surface area (Å²) in [5.74, 6) is 1.25. The number of non-ortho nitro benzene ring substituents is 1. The van der Waals surface area contributed by atoms with E-state index in [1.165, 1.54) is 12.1 Å². The van der Waals surface area contributed by atoms with Crippen LogP contribution in [0.2, 0.25) is 0 Å². The number of nitro groups is 1.